The lowest BCUT2D eigenvalue weighted by atomic mass is 10.2. The van der Waals surface area contributed by atoms with Crippen molar-refractivity contribution in [2.75, 3.05) is 5.32 Å². The molecule has 15 heavy (non-hydrogen) atoms. The Morgan fingerprint density at radius 1 is 1.40 bits per heavy atom. The van der Waals surface area contributed by atoms with Crippen molar-refractivity contribution in [1.82, 2.24) is 0 Å². The van der Waals surface area contributed by atoms with Crippen molar-refractivity contribution >= 4 is 11.6 Å². The first-order valence-corrected chi connectivity index (χ1v) is 5.19. The van der Waals surface area contributed by atoms with Gasteiger partial charge < -0.3 is 5.32 Å². The number of aryl methyl sites for hydroxylation is 1. The number of anilines is 1. The zero-order chi connectivity index (χ0) is 11.8. The molecule has 0 bridgehead atoms. The molecule has 1 aromatic carbocycles. The van der Waals surface area contributed by atoms with Crippen molar-refractivity contribution < 1.29 is 9.18 Å². The number of halogens is 1. The Labute approximate surface area is 90.5 Å². The van der Waals surface area contributed by atoms with Gasteiger partial charge in [0.15, 0.2) is 0 Å². The normalized spacial score (nSPS) is 8.87. The van der Waals surface area contributed by atoms with Crippen molar-refractivity contribution in [3.8, 4) is 0 Å². The molecule has 1 amide bonds. The molecule has 0 aliphatic heterocycles. The predicted octanol–water partition coefficient (Wildman–Crippen LogP) is 3.51. The van der Waals surface area contributed by atoms with Gasteiger partial charge in [-0.15, -0.1) is 0 Å². The minimum absolute atomic E-state index is 0.0639. The van der Waals surface area contributed by atoms with Crippen LogP contribution in [0.4, 0.5) is 10.1 Å². The van der Waals surface area contributed by atoms with Crippen LogP contribution in [-0.2, 0) is 4.79 Å². The lowest BCUT2D eigenvalue weighted by Gasteiger charge is -2.04. The molecule has 0 heterocycles. The molecule has 0 saturated heterocycles. The molecule has 84 valence electrons. The third-order valence-corrected chi connectivity index (χ3v) is 1.76. The second kappa shape index (κ2) is 6.98. The zero-order valence-corrected chi connectivity index (χ0v) is 9.73. The standard InChI is InChI=1S/C10H12FNO.C2H6/c1-3-10(13)12-8-4-5-9(11)7(2)6-8;1-2/h4-6H,3H2,1-2H3,(H,12,13);1-2H3. The van der Waals surface area contributed by atoms with Gasteiger partial charge in [0.2, 0.25) is 5.91 Å². The number of benzene rings is 1. The highest BCUT2D eigenvalue weighted by Gasteiger charge is 2.01. The second-order valence-electron chi connectivity index (χ2n) is 2.87. The van der Waals surface area contributed by atoms with E-state index in [2.05, 4.69) is 5.32 Å². The van der Waals surface area contributed by atoms with Crippen LogP contribution in [0.1, 0.15) is 32.8 Å². The van der Waals surface area contributed by atoms with E-state index in [1.54, 1.807) is 26.0 Å². The number of carbonyl (C=O) groups is 1. The highest BCUT2D eigenvalue weighted by atomic mass is 19.1. The minimum atomic E-state index is -0.255. The van der Waals surface area contributed by atoms with Crippen molar-refractivity contribution in [2.24, 2.45) is 0 Å². The first-order chi connectivity index (χ1) is 7.13. The topological polar surface area (TPSA) is 29.1 Å². The Kier molecular flexibility index (Phi) is 6.34. The maximum absolute atomic E-state index is 12.8. The molecular formula is C12H18FNO. The third-order valence-electron chi connectivity index (χ3n) is 1.76. The fourth-order valence-electron chi connectivity index (χ4n) is 0.972. The fraction of sp³-hybridized carbons (Fsp3) is 0.417. The van der Waals surface area contributed by atoms with Gasteiger partial charge in [0.1, 0.15) is 5.82 Å². The molecule has 1 rings (SSSR count). The van der Waals surface area contributed by atoms with Gasteiger partial charge in [-0.2, -0.15) is 0 Å². The van der Waals surface area contributed by atoms with Crippen LogP contribution in [0.3, 0.4) is 0 Å². The average molecular weight is 211 g/mol. The van der Waals surface area contributed by atoms with Crippen LogP contribution in [0.15, 0.2) is 18.2 Å². The van der Waals surface area contributed by atoms with Crippen molar-refractivity contribution in [3.63, 3.8) is 0 Å². The van der Waals surface area contributed by atoms with Crippen LogP contribution < -0.4 is 5.32 Å². The molecule has 3 heteroatoms. The summed E-state index contributed by atoms with van der Waals surface area (Å²) in [7, 11) is 0. The molecule has 1 N–H and O–H groups in total. The van der Waals surface area contributed by atoms with Crippen LogP contribution in [0, 0.1) is 12.7 Å². The van der Waals surface area contributed by atoms with Crippen molar-refractivity contribution in [2.45, 2.75) is 34.1 Å². The summed E-state index contributed by atoms with van der Waals surface area (Å²) in [5, 5.41) is 2.65. The first-order valence-electron chi connectivity index (χ1n) is 5.19. The summed E-state index contributed by atoms with van der Waals surface area (Å²) in [4.78, 5) is 11.0. The van der Waals surface area contributed by atoms with E-state index in [0.29, 0.717) is 17.7 Å². The molecule has 0 unspecified atom stereocenters. The largest absolute Gasteiger partial charge is 0.326 e. The van der Waals surface area contributed by atoms with Crippen LogP contribution in [0.2, 0.25) is 0 Å². The number of amides is 1. The maximum Gasteiger partial charge on any atom is 0.224 e. The highest BCUT2D eigenvalue weighted by Crippen LogP contribution is 2.13. The van der Waals surface area contributed by atoms with Gasteiger partial charge in [0.25, 0.3) is 0 Å². The summed E-state index contributed by atoms with van der Waals surface area (Å²) in [6, 6.07) is 4.51. The van der Waals surface area contributed by atoms with E-state index < -0.39 is 0 Å². The van der Waals surface area contributed by atoms with E-state index in [1.807, 2.05) is 13.8 Å². The summed E-state index contributed by atoms with van der Waals surface area (Å²) in [6.45, 7) is 7.43. The molecule has 0 spiro atoms. The summed E-state index contributed by atoms with van der Waals surface area (Å²) < 4.78 is 12.8. The maximum atomic E-state index is 12.8. The Balaban J connectivity index is 0.000000921. The van der Waals surface area contributed by atoms with Gasteiger partial charge in [-0.25, -0.2) is 4.39 Å². The Hall–Kier alpha value is -1.38. The molecule has 0 saturated carbocycles. The molecule has 0 fully saturated rings. The number of carbonyl (C=O) groups excluding carboxylic acids is 1. The lowest BCUT2D eigenvalue weighted by molar-refractivity contribution is -0.115. The van der Waals surface area contributed by atoms with Crippen LogP contribution in [-0.4, -0.2) is 5.91 Å². The summed E-state index contributed by atoms with van der Waals surface area (Å²) >= 11 is 0. The van der Waals surface area contributed by atoms with Crippen LogP contribution in [0.5, 0.6) is 0 Å². The van der Waals surface area contributed by atoms with Gasteiger partial charge in [-0.3, -0.25) is 4.79 Å². The number of rotatable bonds is 2. The zero-order valence-electron chi connectivity index (χ0n) is 9.73. The Bertz CT molecular complexity index is 323. The number of hydrogen-bond acceptors (Lipinski definition) is 1. The average Bonchev–Trinajstić information content (AvgIpc) is 2.26. The third kappa shape index (κ3) is 4.58. The predicted molar refractivity (Wildman–Crippen MR) is 61.4 cm³/mol. The minimum Gasteiger partial charge on any atom is -0.326 e. The van der Waals surface area contributed by atoms with Gasteiger partial charge in [0.05, 0.1) is 0 Å². The van der Waals surface area contributed by atoms with E-state index in [4.69, 9.17) is 0 Å². The molecule has 0 aliphatic carbocycles. The van der Waals surface area contributed by atoms with E-state index in [1.165, 1.54) is 6.07 Å². The molecule has 1 aromatic rings. The second-order valence-corrected chi connectivity index (χ2v) is 2.87. The molecule has 2 nitrogen and oxygen atoms in total. The van der Waals surface area contributed by atoms with Gasteiger partial charge >= 0.3 is 0 Å². The van der Waals surface area contributed by atoms with Crippen molar-refractivity contribution in [3.05, 3.63) is 29.6 Å². The van der Waals surface area contributed by atoms with Gasteiger partial charge in [-0.05, 0) is 30.7 Å². The Morgan fingerprint density at radius 3 is 2.47 bits per heavy atom. The molecule has 0 aliphatic rings. The van der Waals surface area contributed by atoms with E-state index in [0.717, 1.165) is 0 Å². The smallest absolute Gasteiger partial charge is 0.224 e. The van der Waals surface area contributed by atoms with Gasteiger partial charge in [-0.1, -0.05) is 20.8 Å². The molecule has 0 aromatic heterocycles. The van der Waals surface area contributed by atoms with Crippen LogP contribution in [0.25, 0.3) is 0 Å². The van der Waals surface area contributed by atoms with Gasteiger partial charge in [0, 0.05) is 12.1 Å². The summed E-state index contributed by atoms with van der Waals surface area (Å²) in [5.74, 6) is -0.319. The number of hydrogen-bond donors (Lipinski definition) is 1. The van der Waals surface area contributed by atoms with E-state index in [-0.39, 0.29) is 11.7 Å². The first kappa shape index (κ1) is 13.6. The molecular weight excluding hydrogens is 193 g/mol. The fourth-order valence-corrected chi connectivity index (χ4v) is 0.972. The lowest BCUT2D eigenvalue weighted by Crippen LogP contribution is -2.09. The molecule has 0 radical (unpaired) electrons. The monoisotopic (exact) mass is 211 g/mol. The van der Waals surface area contributed by atoms with Crippen LogP contribution >= 0.6 is 0 Å². The summed E-state index contributed by atoms with van der Waals surface area (Å²) in [5.41, 5.74) is 1.18. The quantitative estimate of drug-likeness (QED) is 0.796. The summed E-state index contributed by atoms with van der Waals surface area (Å²) in [6.07, 6.45) is 0.427. The van der Waals surface area contributed by atoms with E-state index >= 15 is 0 Å². The molecule has 0 atom stereocenters. The highest BCUT2D eigenvalue weighted by molar-refractivity contribution is 5.90. The van der Waals surface area contributed by atoms with Crippen molar-refractivity contribution in [1.29, 1.82) is 0 Å². The Morgan fingerprint density at radius 2 is 2.00 bits per heavy atom. The number of nitrogens with one attached hydrogen (secondary N) is 1. The van der Waals surface area contributed by atoms with E-state index in [9.17, 15) is 9.18 Å². The SMILES string of the molecule is CC.CCC(=O)Nc1ccc(F)c(C)c1.